The molecule has 0 aliphatic rings. The van der Waals surface area contributed by atoms with E-state index in [-0.39, 0.29) is 0 Å². The van der Waals surface area contributed by atoms with Gasteiger partial charge in [0.05, 0.1) is 5.75 Å². The Labute approximate surface area is 102 Å². The van der Waals surface area contributed by atoms with E-state index in [4.69, 9.17) is 4.52 Å². The van der Waals surface area contributed by atoms with Crippen LogP contribution in [0.4, 0.5) is 0 Å². The molecule has 0 aliphatic heterocycles. The molecule has 92 valence electrons. The predicted molar refractivity (Wildman–Crippen MR) is 67.5 cm³/mol. The van der Waals surface area contributed by atoms with Crippen molar-refractivity contribution in [1.29, 1.82) is 0 Å². The van der Waals surface area contributed by atoms with Gasteiger partial charge in [0.2, 0.25) is 5.89 Å². The van der Waals surface area contributed by atoms with E-state index in [1.165, 1.54) is 0 Å². The first kappa shape index (κ1) is 13.5. The van der Waals surface area contributed by atoms with Gasteiger partial charge >= 0.3 is 0 Å². The molecule has 1 heterocycles. The van der Waals surface area contributed by atoms with Crippen LogP contribution in [0.15, 0.2) is 4.52 Å². The van der Waals surface area contributed by atoms with Crippen LogP contribution in [0.5, 0.6) is 0 Å². The number of rotatable bonds is 7. The van der Waals surface area contributed by atoms with E-state index in [9.17, 15) is 0 Å². The van der Waals surface area contributed by atoms with Crippen molar-refractivity contribution < 1.29 is 4.52 Å². The zero-order valence-electron chi connectivity index (χ0n) is 10.5. The molecule has 1 aromatic rings. The van der Waals surface area contributed by atoms with Crippen LogP contribution >= 0.6 is 11.8 Å². The summed E-state index contributed by atoms with van der Waals surface area (Å²) in [5, 5.41) is 7.11. The molecule has 4 nitrogen and oxygen atoms in total. The number of hydrogen-bond acceptors (Lipinski definition) is 5. The number of hydrogen-bond donors (Lipinski definition) is 1. The fourth-order valence-electron chi connectivity index (χ4n) is 1.18. The molecule has 0 aromatic carbocycles. The van der Waals surface area contributed by atoms with E-state index in [2.05, 4.69) is 36.2 Å². The third kappa shape index (κ3) is 4.99. The summed E-state index contributed by atoms with van der Waals surface area (Å²) in [6.45, 7) is 6.52. The van der Waals surface area contributed by atoms with Crippen molar-refractivity contribution in [2.24, 2.45) is 5.92 Å². The third-order valence-corrected chi connectivity index (χ3v) is 3.53. The molecule has 0 bridgehead atoms. The Hall–Kier alpha value is -0.550. The van der Waals surface area contributed by atoms with Gasteiger partial charge in [-0.3, -0.25) is 0 Å². The van der Waals surface area contributed by atoms with Crippen molar-refractivity contribution >= 4 is 11.8 Å². The second kappa shape index (κ2) is 6.91. The van der Waals surface area contributed by atoms with Gasteiger partial charge in [-0.15, -0.1) is 0 Å². The first-order chi connectivity index (χ1) is 7.61. The van der Waals surface area contributed by atoms with E-state index in [1.807, 2.05) is 18.8 Å². The molecule has 0 aliphatic carbocycles. The van der Waals surface area contributed by atoms with Crippen LogP contribution < -0.4 is 5.32 Å². The van der Waals surface area contributed by atoms with Gasteiger partial charge in [-0.1, -0.05) is 19.0 Å². The van der Waals surface area contributed by atoms with Crippen molar-refractivity contribution in [3.05, 3.63) is 11.7 Å². The highest BCUT2D eigenvalue weighted by Gasteiger charge is 2.09. The largest absolute Gasteiger partial charge is 0.339 e. The normalized spacial score (nSPS) is 13.3. The smallest absolute Gasteiger partial charge is 0.228 e. The summed E-state index contributed by atoms with van der Waals surface area (Å²) in [7, 11) is 1.93. The number of nitrogens with one attached hydrogen (secondary N) is 1. The first-order valence-corrected chi connectivity index (χ1v) is 6.83. The Morgan fingerprint density at radius 3 is 2.75 bits per heavy atom. The van der Waals surface area contributed by atoms with E-state index in [0.717, 1.165) is 29.6 Å². The number of aromatic nitrogens is 2. The average molecular weight is 243 g/mol. The Kier molecular flexibility index (Phi) is 5.84. The van der Waals surface area contributed by atoms with E-state index < -0.39 is 0 Å². The lowest BCUT2D eigenvalue weighted by atomic mass is 10.2. The Balaban J connectivity index is 2.33. The average Bonchev–Trinajstić information content (AvgIpc) is 2.65. The molecular formula is C11H21N3OS. The molecule has 0 amide bonds. The van der Waals surface area contributed by atoms with Gasteiger partial charge in [0.25, 0.3) is 0 Å². The van der Waals surface area contributed by atoms with Crippen molar-refractivity contribution in [2.75, 3.05) is 12.8 Å². The van der Waals surface area contributed by atoms with Gasteiger partial charge in [-0.25, -0.2) is 0 Å². The van der Waals surface area contributed by atoms with Crippen LogP contribution in [0.3, 0.4) is 0 Å². The van der Waals surface area contributed by atoms with Crippen LogP contribution in [-0.4, -0.2) is 29.0 Å². The van der Waals surface area contributed by atoms with E-state index >= 15 is 0 Å². The summed E-state index contributed by atoms with van der Waals surface area (Å²) in [4.78, 5) is 4.36. The standard InChI is InChI=1S/C11H21N3OS/c1-8(2)6-16-7-10-13-11(15-14-10)5-9(3)12-4/h8-9,12H,5-7H2,1-4H3. The Morgan fingerprint density at radius 2 is 2.12 bits per heavy atom. The molecule has 1 aromatic heterocycles. The number of likely N-dealkylation sites (N-methyl/N-ethyl adjacent to an activating group) is 1. The van der Waals surface area contributed by atoms with Gasteiger partial charge < -0.3 is 9.84 Å². The molecule has 0 saturated carbocycles. The zero-order valence-corrected chi connectivity index (χ0v) is 11.3. The van der Waals surface area contributed by atoms with Gasteiger partial charge in [0.15, 0.2) is 5.82 Å². The summed E-state index contributed by atoms with van der Waals surface area (Å²) >= 11 is 1.85. The zero-order chi connectivity index (χ0) is 12.0. The van der Waals surface area contributed by atoms with Gasteiger partial charge in [0, 0.05) is 12.5 Å². The molecular weight excluding hydrogens is 222 g/mol. The van der Waals surface area contributed by atoms with Crippen molar-refractivity contribution in [1.82, 2.24) is 15.5 Å². The van der Waals surface area contributed by atoms with Crippen LogP contribution in [0.1, 0.15) is 32.5 Å². The fraction of sp³-hybridized carbons (Fsp3) is 0.818. The highest BCUT2D eigenvalue weighted by Crippen LogP contribution is 2.13. The Bertz CT molecular complexity index is 301. The molecule has 1 N–H and O–H groups in total. The lowest BCUT2D eigenvalue weighted by molar-refractivity contribution is 0.362. The highest BCUT2D eigenvalue weighted by molar-refractivity contribution is 7.98. The molecule has 0 spiro atoms. The predicted octanol–water partition coefficient (Wildman–Crippen LogP) is 2.11. The maximum Gasteiger partial charge on any atom is 0.228 e. The summed E-state index contributed by atoms with van der Waals surface area (Å²) in [5.74, 6) is 4.22. The molecule has 5 heteroatoms. The second-order valence-corrected chi connectivity index (χ2v) is 5.44. The Morgan fingerprint density at radius 1 is 1.38 bits per heavy atom. The molecule has 1 rings (SSSR count). The maximum atomic E-state index is 5.18. The molecule has 0 saturated heterocycles. The second-order valence-electron chi connectivity index (χ2n) is 4.41. The number of nitrogens with zero attached hydrogens (tertiary/aromatic N) is 2. The van der Waals surface area contributed by atoms with Crippen molar-refractivity contribution in [2.45, 2.75) is 39.0 Å². The lowest BCUT2D eigenvalue weighted by Crippen LogP contribution is -2.23. The topological polar surface area (TPSA) is 51.0 Å². The minimum Gasteiger partial charge on any atom is -0.339 e. The van der Waals surface area contributed by atoms with E-state index in [1.54, 1.807) is 0 Å². The van der Waals surface area contributed by atoms with Crippen LogP contribution in [-0.2, 0) is 12.2 Å². The van der Waals surface area contributed by atoms with Crippen LogP contribution in [0, 0.1) is 5.92 Å². The first-order valence-electron chi connectivity index (χ1n) is 5.68. The van der Waals surface area contributed by atoms with Crippen molar-refractivity contribution in [3.8, 4) is 0 Å². The highest BCUT2D eigenvalue weighted by atomic mass is 32.2. The lowest BCUT2D eigenvalue weighted by Gasteiger charge is -2.04. The third-order valence-electron chi connectivity index (χ3n) is 2.17. The summed E-state index contributed by atoms with van der Waals surface area (Å²) in [5.41, 5.74) is 0. The molecule has 0 radical (unpaired) electrons. The number of thioether (sulfide) groups is 1. The molecule has 1 unspecified atom stereocenters. The SMILES string of the molecule is CNC(C)Cc1nc(CSCC(C)C)no1. The quantitative estimate of drug-likeness (QED) is 0.795. The fourth-order valence-corrected chi connectivity index (χ4v) is 2.07. The molecule has 0 fully saturated rings. The van der Waals surface area contributed by atoms with Crippen LogP contribution in [0.2, 0.25) is 0 Å². The summed E-state index contributed by atoms with van der Waals surface area (Å²) in [6, 6.07) is 0.372. The molecule has 16 heavy (non-hydrogen) atoms. The minimum absolute atomic E-state index is 0.372. The van der Waals surface area contributed by atoms with Gasteiger partial charge in [0.1, 0.15) is 0 Å². The van der Waals surface area contributed by atoms with Crippen LogP contribution in [0.25, 0.3) is 0 Å². The van der Waals surface area contributed by atoms with E-state index in [0.29, 0.717) is 12.0 Å². The minimum atomic E-state index is 0.372. The maximum absolute atomic E-state index is 5.18. The molecule has 1 atom stereocenters. The summed E-state index contributed by atoms with van der Waals surface area (Å²) in [6.07, 6.45) is 0.790. The summed E-state index contributed by atoms with van der Waals surface area (Å²) < 4.78 is 5.18. The monoisotopic (exact) mass is 243 g/mol. The van der Waals surface area contributed by atoms with Crippen molar-refractivity contribution in [3.63, 3.8) is 0 Å². The van der Waals surface area contributed by atoms with Gasteiger partial charge in [-0.05, 0) is 25.6 Å². The van der Waals surface area contributed by atoms with Gasteiger partial charge in [-0.2, -0.15) is 16.7 Å².